The van der Waals surface area contributed by atoms with Crippen LogP contribution in [-0.4, -0.2) is 42.0 Å². The zero-order valence-corrected chi connectivity index (χ0v) is 26.3. The molecular weight excluding hydrogens is 500 g/mol. The van der Waals surface area contributed by atoms with Crippen molar-refractivity contribution in [1.82, 2.24) is 10.2 Å². The fourth-order valence-electron chi connectivity index (χ4n) is 5.04. The summed E-state index contributed by atoms with van der Waals surface area (Å²) in [5.74, 6) is -1.26. The number of nitrogens with zero attached hydrogens (tertiary/aromatic N) is 1. The summed E-state index contributed by atoms with van der Waals surface area (Å²) in [6.45, 7) is 8.01. The molecule has 0 radical (unpaired) electrons. The lowest BCUT2D eigenvalue weighted by Crippen LogP contribution is -2.46. The fourth-order valence-corrected chi connectivity index (χ4v) is 5.04. The van der Waals surface area contributed by atoms with E-state index in [2.05, 4.69) is 12.2 Å². The number of carbonyl (C=O) groups excluding carboxylic acids is 3. The first-order valence-corrected chi connectivity index (χ1v) is 16.0. The molecule has 0 aliphatic rings. The Bertz CT molecular complexity index is 819. The van der Waals surface area contributed by atoms with Gasteiger partial charge in [-0.05, 0) is 39.2 Å². The van der Waals surface area contributed by atoms with Gasteiger partial charge in [0.05, 0.1) is 6.42 Å². The first-order chi connectivity index (χ1) is 19.2. The molecule has 1 unspecified atom stereocenters. The average molecular weight is 559 g/mol. The number of carbonyl (C=O) groups is 3. The molecule has 0 saturated heterocycles. The summed E-state index contributed by atoms with van der Waals surface area (Å²) < 4.78 is 5.53. The summed E-state index contributed by atoms with van der Waals surface area (Å²) in [5, 5.41) is 2.60. The number of hydrogen-bond acceptors (Lipinski definition) is 4. The van der Waals surface area contributed by atoms with Crippen molar-refractivity contribution in [3.8, 4) is 0 Å². The number of rotatable bonds is 21. The number of unbranched alkanes of at least 4 members (excludes halogenated alkanes) is 13. The third kappa shape index (κ3) is 17.3. The van der Waals surface area contributed by atoms with E-state index >= 15 is 0 Å². The van der Waals surface area contributed by atoms with Crippen LogP contribution in [0.5, 0.6) is 0 Å². The minimum Gasteiger partial charge on any atom is -0.460 e. The Morgan fingerprint density at radius 3 is 1.77 bits per heavy atom. The monoisotopic (exact) mass is 558 g/mol. The predicted octanol–water partition coefficient (Wildman–Crippen LogP) is 8.62. The van der Waals surface area contributed by atoms with E-state index in [1.165, 1.54) is 82.6 Å². The minimum atomic E-state index is -0.618. The van der Waals surface area contributed by atoms with Crippen LogP contribution in [0.4, 0.5) is 4.79 Å². The summed E-state index contributed by atoms with van der Waals surface area (Å²) >= 11 is 0. The summed E-state index contributed by atoms with van der Waals surface area (Å²) in [6.07, 6.45) is 18.8. The molecule has 1 rings (SSSR count). The molecule has 0 spiro atoms. The zero-order chi connectivity index (χ0) is 29.6. The van der Waals surface area contributed by atoms with Crippen molar-refractivity contribution in [2.24, 2.45) is 5.92 Å². The zero-order valence-electron chi connectivity index (χ0n) is 26.3. The van der Waals surface area contributed by atoms with Gasteiger partial charge in [-0.3, -0.25) is 14.5 Å². The number of hydrogen-bond donors (Lipinski definition) is 1. The number of ether oxygens (including phenoxy) is 1. The van der Waals surface area contributed by atoms with E-state index in [4.69, 9.17) is 4.74 Å². The van der Waals surface area contributed by atoms with Gasteiger partial charge in [0.25, 0.3) is 0 Å². The number of benzene rings is 1. The lowest BCUT2D eigenvalue weighted by atomic mass is 9.95. The van der Waals surface area contributed by atoms with Gasteiger partial charge in [-0.1, -0.05) is 127 Å². The second-order valence-electron chi connectivity index (χ2n) is 12.2. The Kier molecular flexibility index (Phi) is 19.1. The first-order valence-electron chi connectivity index (χ1n) is 16.0. The maximum absolute atomic E-state index is 13.6. The molecule has 1 aromatic carbocycles. The van der Waals surface area contributed by atoms with Gasteiger partial charge >= 0.3 is 12.0 Å². The minimum absolute atomic E-state index is 0.00657. The van der Waals surface area contributed by atoms with Gasteiger partial charge in [0.15, 0.2) is 0 Å². The van der Waals surface area contributed by atoms with Crippen molar-refractivity contribution in [2.75, 3.05) is 13.6 Å². The summed E-state index contributed by atoms with van der Waals surface area (Å²) in [4.78, 5) is 40.2. The topological polar surface area (TPSA) is 75.7 Å². The smallest absolute Gasteiger partial charge is 0.323 e. The van der Waals surface area contributed by atoms with Gasteiger partial charge in [0.1, 0.15) is 5.60 Å². The van der Waals surface area contributed by atoms with E-state index in [0.717, 1.165) is 24.8 Å². The third-order valence-electron chi connectivity index (χ3n) is 7.28. The summed E-state index contributed by atoms with van der Waals surface area (Å²) in [5.41, 5.74) is 0.438. The number of urea groups is 1. The van der Waals surface area contributed by atoms with Crippen LogP contribution in [0, 0.1) is 5.92 Å². The lowest BCUT2D eigenvalue weighted by molar-refractivity contribution is -0.158. The van der Waals surface area contributed by atoms with Crippen molar-refractivity contribution in [3.63, 3.8) is 0 Å². The molecule has 1 N–H and O–H groups in total. The Balaban J connectivity index is 2.54. The SMILES string of the molecule is CCCCCCCCCCCCCCCCC(CC(=O)OC(C)(C)C)C(=O)N(CCc1ccccc1)C(=O)NC. The maximum Gasteiger partial charge on any atom is 0.323 e. The van der Waals surface area contributed by atoms with Gasteiger partial charge < -0.3 is 10.1 Å². The molecule has 40 heavy (non-hydrogen) atoms. The number of amides is 3. The molecule has 3 amide bonds. The quantitative estimate of drug-likeness (QED) is 0.121. The number of imide groups is 1. The lowest BCUT2D eigenvalue weighted by Gasteiger charge is -2.27. The third-order valence-corrected chi connectivity index (χ3v) is 7.28. The molecule has 6 heteroatoms. The van der Waals surface area contributed by atoms with Crippen LogP contribution < -0.4 is 5.32 Å². The van der Waals surface area contributed by atoms with Crippen LogP contribution in [0.15, 0.2) is 30.3 Å². The first kappa shape index (κ1) is 35.7. The molecule has 0 bridgehead atoms. The maximum atomic E-state index is 13.6. The standard InChI is InChI=1S/C34H58N2O4/c1-6-7-8-9-10-11-12-13-14-15-16-17-18-22-25-30(28-31(37)40-34(2,3)4)32(38)36(33(39)35-5)27-26-29-23-20-19-21-24-29/h19-21,23-24,30H,6-18,22,25-28H2,1-5H3,(H,35,39). The Labute approximate surface area is 245 Å². The van der Waals surface area contributed by atoms with E-state index < -0.39 is 23.5 Å². The highest BCUT2D eigenvalue weighted by Crippen LogP contribution is 2.22. The molecule has 6 nitrogen and oxygen atoms in total. The van der Waals surface area contributed by atoms with E-state index in [0.29, 0.717) is 12.8 Å². The molecule has 0 aliphatic carbocycles. The molecule has 1 aromatic rings. The van der Waals surface area contributed by atoms with Crippen molar-refractivity contribution in [3.05, 3.63) is 35.9 Å². The molecule has 0 aromatic heterocycles. The van der Waals surface area contributed by atoms with Crippen LogP contribution in [-0.2, 0) is 20.7 Å². The van der Waals surface area contributed by atoms with E-state index in [9.17, 15) is 14.4 Å². The Morgan fingerprint density at radius 2 is 1.30 bits per heavy atom. The van der Waals surface area contributed by atoms with E-state index in [1.807, 2.05) is 51.1 Å². The van der Waals surface area contributed by atoms with Crippen LogP contribution in [0.3, 0.4) is 0 Å². The molecule has 228 valence electrons. The van der Waals surface area contributed by atoms with Crippen LogP contribution in [0.2, 0.25) is 0 Å². The Morgan fingerprint density at radius 1 is 0.800 bits per heavy atom. The fraction of sp³-hybridized carbons (Fsp3) is 0.735. The molecular formula is C34H58N2O4. The molecule has 1 atom stereocenters. The van der Waals surface area contributed by atoms with Crippen molar-refractivity contribution in [2.45, 2.75) is 142 Å². The average Bonchev–Trinajstić information content (AvgIpc) is 2.91. The molecule has 0 fully saturated rings. The highest BCUT2D eigenvalue weighted by atomic mass is 16.6. The molecule has 0 saturated carbocycles. The molecule has 0 heterocycles. The van der Waals surface area contributed by atoms with Gasteiger partial charge in [-0.25, -0.2) is 4.79 Å². The van der Waals surface area contributed by atoms with Crippen molar-refractivity contribution < 1.29 is 19.1 Å². The van der Waals surface area contributed by atoms with Gasteiger partial charge in [0.2, 0.25) is 5.91 Å². The predicted molar refractivity (Wildman–Crippen MR) is 165 cm³/mol. The Hall–Kier alpha value is -2.37. The van der Waals surface area contributed by atoms with Crippen LogP contribution in [0.1, 0.15) is 136 Å². The van der Waals surface area contributed by atoms with Crippen LogP contribution >= 0.6 is 0 Å². The number of nitrogens with one attached hydrogen (secondary N) is 1. The highest BCUT2D eigenvalue weighted by molar-refractivity contribution is 5.96. The van der Waals surface area contributed by atoms with E-state index in [1.54, 1.807) is 0 Å². The van der Waals surface area contributed by atoms with Crippen LogP contribution in [0.25, 0.3) is 0 Å². The molecule has 0 aliphatic heterocycles. The second-order valence-corrected chi connectivity index (χ2v) is 12.2. The van der Waals surface area contributed by atoms with Gasteiger partial charge in [-0.15, -0.1) is 0 Å². The normalized spacial score (nSPS) is 12.1. The second kappa shape index (κ2) is 21.4. The summed E-state index contributed by atoms with van der Waals surface area (Å²) in [7, 11) is 1.53. The van der Waals surface area contributed by atoms with Gasteiger partial charge in [-0.2, -0.15) is 0 Å². The van der Waals surface area contributed by atoms with Crippen molar-refractivity contribution in [1.29, 1.82) is 0 Å². The largest absolute Gasteiger partial charge is 0.460 e. The summed E-state index contributed by atoms with van der Waals surface area (Å²) in [6, 6.07) is 9.37. The number of esters is 1. The van der Waals surface area contributed by atoms with Gasteiger partial charge in [0, 0.05) is 19.5 Å². The van der Waals surface area contributed by atoms with Crippen molar-refractivity contribution >= 4 is 17.9 Å². The van der Waals surface area contributed by atoms with E-state index in [-0.39, 0.29) is 18.9 Å². The highest BCUT2D eigenvalue weighted by Gasteiger charge is 2.31.